The molecule has 23 heavy (non-hydrogen) atoms. The zero-order valence-electron chi connectivity index (χ0n) is 12.6. The Bertz CT molecular complexity index is 702. The van der Waals surface area contributed by atoms with Gasteiger partial charge in [-0.05, 0) is 31.2 Å². The molecule has 7 nitrogen and oxygen atoms in total. The number of ether oxygens (including phenoxy) is 2. The number of aromatic nitrogens is 2. The summed E-state index contributed by atoms with van der Waals surface area (Å²) >= 11 is 0. The Hall–Kier alpha value is -2.80. The van der Waals surface area contributed by atoms with E-state index in [0.29, 0.717) is 30.2 Å². The van der Waals surface area contributed by atoms with Gasteiger partial charge in [-0.2, -0.15) is 0 Å². The van der Waals surface area contributed by atoms with Crippen LogP contribution in [0.25, 0.3) is 11.4 Å². The second kappa shape index (κ2) is 8.00. The first-order valence-corrected chi connectivity index (χ1v) is 7.02. The van der Waals surface area contributed by atoms with E-state index in [1.807, 2.05) is 6.92 Å². The molecule has 1 N–H and O–H groups in total. The first-order chi connectivity index (χ1) is 11.1. The van der Waals surface area contributed by atoms with Crippen molar-refractivity contribution in [1.82, 2.24) is 9.97 Å². The zero-order chi connectivity index (χ0) is 16.7. The minimum absolute atomic E-state index is 0.0986. The summed E-state index contributed by atoms with van der Waals surface area (Å²) < 4.78 is 10.2. The predicted octanol–water partition coefficient (Wildman–Crippen LogP) is 2.04. The average molecular weight is 316 g/mol. The van der Waals surface area contributed by atoms with Gasteiger partial charge >= 0.3 is 11.9 Å². The molecule has 0 amide bonds. The van der Waals surface area contributed by atoms with Crippen molar-refractivity contribution < 1.29 is 24.2 Å². The number of rotatable bonds is 7. The summed E-state index contributed by atoms with van der Waals surface area (Å²) in [6, 6.07) is 5.82. The highest BCUT2D eigenvalue weighted by atomic mass is 16.6. The van der Waals surface area contributed by atoms with Crippen molar-refractivity contribution in [3.63, 3.8) is 0 Å². The highest BCUT2D eigenvalue weighted by molar-refractivity contribution is 5.91. The maximum Gasteiger partial charge on any atom is 0.338 e. The molecule has 0 aromatic carbocycles. The van der Waals surface area contributed by atoms with Crippen LogP contribution in [0.2, 0.25) is 0 Å². The molecule has 2 rings (SSSR count). The van der Waals surface area contributed by atoms with Crippen molar-refractivity contribution in [2.45, 2.75) is 6.92 Å². The van der Waals surface area contributed by atoms with Crippen LogP contribution in [0.3, 0.4) is 0 Å². The Morgan fingerprint density at radius 2 is 1.65 bits per heavy atom. The zero-order valence-corrected chi connectivity index (χ0v) is 12.6. The fourth-order valence-electron chi connectivity index (χ4n) is 1.82. The molecule has 2 aromatic heterocycles. The Labute approximate surface area is 132 Å². The van der Waals surface area contributed by atoms with Crippen molar-refractivity contribution in [1.29, 1.82) is 0 Å². The summed E-state index contributed by atoms with van der Waals surface area (Å²) in [6.45, 7) is 2.91. The first-order valence-electron chi connectivity index (χ1n) is 7.02. The average Bonchev–Trinajstić information content (AvgIpc) is 2.59. The number of carbonyl (C=O) groups excluding carboxylic acids is 1. The summed E-state index contributed by atoms with van der Waals surface area (Å²) in [6.07, 6.45) is 2.83. The predicted molar refractivity (Wildman–Crippen MR) is 81.2 cm³/mol. The lowest BCUT2D eigenvalue weighted by atomic mass is 10.1. The SMILES string of the molecule is CCOCCOC(=O)c1ccnc(-c2cc(C(=O)O)ccn2)c1. The molecular weight excluding hydrogens is 300 g/mol. The van der Waals surface area contributed by atoms with Crippen molar-refractivity contribution >= 4 is 11.9 Å². The van der Waals surface area contributed by atoms with Gasteiger partial charge < -0.3 is 14.6 Å². The third-order valence-electron chi connectivity index (χ3n) is 2.93. The molecule has 0 saturated carbocycles. The standard InChI is InChI=1S/C16H16N2O5/c1-2-22-7-8-23-16(21)12-4-6-18-14(10-12)13-9-11(15(19)20)3-5-17-13/h3-6,9-10H,2,7-8H2,1H3,(H,19,20). The van der Waals surface area contributed by atoms with Gasteiger partial charge in [0.05, 0.1) is 29.1 Å². The summed E-state index contributed by atoms with van der Waals surface area (Å²) in [5.41, 5.74) is 1.18. The number of carboxylic acids is 1. The first kappa shape index (κ1) is 16.6. The summed E-state index contributed by atoms with van der Waals surface area (Å²) in [5, 5.41) is 9.01. The second-order valence-electron chi connectivity index (χ2n) is 4.50. The van der Waals surface area contributed by atoms with Crippen molar-refractivity contribution in [3.05, 3.63) is 47.8 Å². The van der Waals surface area contributed by atoms with Gasteiger partial charge in [-0.3, -0.25) is 9.97 Å². The van der Waals surface area contributed by atoms with Gasteiger partial charge in [-0.25, -0.2) is 9.59 Å². The molecule has 0 fully saturated rings. The molecule has 0 radical (unpaired) electrons. The number of pyridine rings is 2. The minimum Gasteiger partial charge on any atom is -0.478 e. The maximum atomic E-state index is 11.9. The number of esters is 1. The quantitative estimate of drug-likeness (QED) is 0.616. The van der Waals surface area contributed by atoms with E-state index in [1.54, 1.807) is 0 Å². The molecule has 2 aromatic rings. The molecule has 2 heterocycles. The van der Waals surface area contributed by atoms with Crippen LogP contribution in [-0.2, 0) is 9.47 Å². The van der Waals surface area contributed by atoms with Crippen LogP contribution < -0.4 is 0 Å². The molecule has 7 heteroatoms. The Kier molecular flexibility index (Phi) is 5.76. The fourth-order valence-corrected chi connectivity index (χ4v) is 1.82. The molecule has 0 aliphatic carbocycles. The van der Waals surface area contributed by atoms with Crippen LogP contribution in [-0.4, -0.2) is 46.8 Å². The normalized spacial score (nSPS) is 10.3. The molecule has 0 aliphatic rings. The van der Waals surface area contributed by atoms with Gasteiger partial charge in [0.25, 0.3) is 0 Å². The van der Waals surface area contributed by atoms with E-state index in [0.717, 1.165) is 0 Å². The van der Waals surface area contributed by atoms with Crippen LogP contribution in [0.4, 0.5) is 0 Å². The molecular formula is C16H16N2O5. The summed E-state index contributed by atoms with van der Waals surface area (Å²) in [5.74, 6) is -1.55. The monoisotopic (exact) mass is 316 g/mol. The van der Waals surface area contributed by atoms with Crippen LogP contribution in [0, 0.1) is 0 Å². The Balaban J connectivity index is 2.15. The molecule has 120 valence electrons. The number of carboxylic acid groups (broad SMARTS) is 1. The number of nitrogens with zero attached hydrogens (tertiary/aromatic N) is 2. The van der Waals surface area contributed by atoms with Crippen LogP contribution in [0.5, 0.6) is 0 Å². The second-order valence-corrected chi connectivity index (χ2v) is 4.50. The lowest BCUT2D eigenvalue weighted by molar-refractivity contribution is 0.0335. The largest absolute Gasteiger partial charge is 0.478 e. The van der Waals surface area contributed by atoms with E-state index in [-0.39, 0.29) is 12.2 Å². The van der Waals surface area contributed by atoms with Crippen LogP contribution >= 0.6 is 0 Å². The molecule has 0 saturated heterocycles. The topological polar surface area (TPSA) is 98.6 Å². The van der Waals surface area contributed by atoms with E-state index < -0.39 is 11.9 Å². The van der Waals surface area contributed by atoms with Crippen LogP contribution in [0.15, 0.2) is 36.7 Å². The lowest BCUT2D eigenvalue weighted by Crippen LogP contribution is -2.11. The van der Waals surface area contributed by atoms with Crippen LogP contribution in [0.1, 0.15) is 27.6 Å². The highest BCUT2D eigenvalue weighted by Crippen LogP contribution is 2.17. The van der Waals surface area contributed by atoms with Gasteiger partial charge in [0.1, 0.15) is 6.61 Å². The van der Waals surface area contributed by atoms with E-state index >= 15 is 0 Å². The van der Waals surface area contributed by atoms with Crippen molar-refractivity contribution in [2.75, 3.05) is 19.8 Å². The molecule has 0 aliphatic heterocycles. The molecule has 0 atom stereocenters. The fraction of sp³-hybridized carbons (Fsp3) is 0.250. The Morgan fingerprint density at radius 1 is 1.04 bits per heavy atom. The van der Waals surface area contributed by atoms with Crippen molar-refractivity contribution in [3.8, 4) is 11.4 Å². The van der Waals surface area contributed by atoms with E-state index in [4.69, 9.17) is 14.6 Å². The molecule has 0 spiro atoms. The van der Waals surface area contributed by atoms with Gasteiger partial charge in [0.15, 0.2) is 0 Å². The van der Waals surface area contributed by atoms with E-state index in [2.05, 4.69) is 9.97 Å². The maximum absolute atomic E-state index is 11.9. The Morgan fingerprint density at radius 3 is 2.26 bits per heavy atom. The molecule has 0 unspecified atom stereocenters. The lowest BCUT2D eigenvalue weighted by Gasteiger charge is -2.06. The van der Waals surface area contributed by atoms with E-state index in [1.165, 1.54) is 36.7 Å². The van der Waals surface area contributed by atoms with Gasteiger partial charge in [-0.1, -0.05) is 0 Å². The summed E-state index contributed by atoms with van der Waals surface area (Å²) in [7, 11) is 0. The van der Waals surface area contributed by atoms with Gasteiger partial charge in [-0.15, -0.1) is 0 Å². The number of carbonyl (C=O) groups is 2. The van der Waals surface area contributed by atoms with Crippen molar-refractivity contribution in [2.24, 2.45) is 0 Å². The van der Waals surface area contributed by atoms with Gasteiger partial charge in [0.2, 0.25) is 0 Å². The molecule has 0 bridgehead atoms. The van der Waals surface area contributed by atoms with Gasteiger partial charge in [0, 0.05) is 19.0 Å². The number of hydrogen-bond donors (Lipinski definition) is 1. The third kappa shape index (κ3) is 4.58. The minimum atomic E-state index is -1.06. The van der Waals surface area contributed by atoms with E-state index in [9.17, 15) is 9.59 Å². The number of hydrogen-bond acceptors (Lipinski definition) is 6. The number of aromatic carboxylic acids is 1. The smallest absolute Gasteiger partial charge is 0.338 e. The summed E-state index contributed by atoms with van der Waals surface area (Å²) in [4.78, 5) is 31.1. The highest BCUT2D eigenvalue weighted by Gasteiger charge is 2.11. The third-order valence-corrected chi connectivity index (χ3v) is 2.93.